The van der Waals surface area contributed by atoms with Gasteiger partial charge in [0.25, 0.3) is 0 Å². The molecule has 3 nitrogen and oxygen atoms in total. The average molecular weight is 168 g/mol. The normalized spacial score (nSPS) is 11.9. The Balaban J connectivity index is 2.20. The first kappa shape index (κ1) is 9.26. The molecule has 0 saturated heterocycles. The fourth-order valence-corrected chi connectivity index (χ4v) is 0.889. The van der Waals surface area contributed by atoms with Crippen LogP contribution < -0.4 is 0 Å². The molecule has 68 valence electrons. The summed E-state index contributed by atoms with van der Waals surface area (Å²) in [6, 6.07) is 0. The largest absolute Gasteiger partial charge is 0.376 e. The van der Waals surface area contributed by atoms with Gasteiger partial charge in [-0.2, -0.15) is 5.10 Å². The predicted molar refractivity (Wildman–Crippen MR) is 48.0 cm³/mol. The van der Waals surface area contributed by atoms with Crippen molar-refractivity contribution in [3.63, 3.8) is 0 Å². The van der Waals surface area contributed by atoms with Gasteiger partial charge in [-0.15, -0.1) is 0 Å². The second kappa shape index (κ2) is 3.72. The number of aromatic amines is 1. The van der Waals surface area contributed by atoms with E-state index in [-0.39, 0.29) is 5.60 Å². The van der Waals surface area contributed by atoms with Crippen LogP contribution in [0.2, 0.25) is 0 Å². The summed E-state index contributed by atoms with van der Waals surface area (Å²) in [4.78, 5) is 0. The number of hydrogen-bond acceptors (Lipinski definition) is 2. The molecule has 1 aromatic rings. The minimum atomic E-state index is -0.0380. The van der Waals surface area contributed by atoms with Crippen LogP contribution in [0.3, 0.4) is 0 Å². The first-order valence-corrected chi connectivity index (χ1v) is 4.19. The van der Waals surface area contributed by atoms with E-state index in [1.807, 2.05) is 12.4 Å². The molecule has 3 heteroatoms. The van der Waals surface area contributed by atoms with Gasteiger partial charge in [0.05, 0.1) is 18.4 Å². The number of H-pyrrole nitrogens is 1. The number of nitrogens with one attached hydrogen (secondary N) is 1. The lowest BCUT2D eigenvalue weighted by atomic mass is 10.2. The molecule has 0 unspecified atom stereocenters. The van der Waals surface area contributed by atoms with Crippen LogP contribution in [-0.4, -0.2) is 22.4 Å². The highest BCUT2D eigenvalue weighted by Crippen LogP contribution is 2.07. The molecule has 1 rings (SSSR count). The molecule has 0 aliphatic carbocycles. The molecule has 1 heterocycles. The van der Waals surface area contributed by atoms with Crippen LogP contribution in [0.25, 0.3) is 0 Å². The lowest BCUT2D eigenvalue weighted by Gasteiger charge is -2.18. The van der Waals surface area contributed by atoms with Gasteiger partial charge < -0.3 is 4.74 Å². The lowest BCUT2D eigenvalue weighted by molar-refractivity contribution is -0.000976. The van der Waals surface area contributed by atoms with E-state index in [1.165, 1.54) is 5.56 Å². The fraction of sp³-hybridized carbons (Fsp3) is 0.667. The maximum atomic E-state index is 5.56. The maximum absolute atomic E-state index is 5.56. The van der Waals surface area contributed by atoms with E-state index in [2.05, 4.69) is 31.0 Å². The van der Waals surface area contributed by atoms with Gasteiger partial charge in [0.2, 0.25) is 0 Å². The fourth-order valence-electron chi connectivity index (χ4n) is 0.889. The lowest BCUT2D eigenvalue weighted by Crippen LogP contribution is -2.20. The monoisotopic (exact) mass is 168 g/mol. The molecule has 1 aromatic heterocycles. The summed E-state index contributed by atoms with van der Waals surface area (Å²) in [5.74, 6) is 0. The van der Waals surface area contributed by atoms with Crippen LogP contribution in [-0.2, 0) is 11.2 Å². The Hall–Kier alpha value is -0.830. The van der Waals surface area contributed by atoms with E-state index in [4.69, 9.17) is 4.74 Å². The van der Waals surface area contributed by atoms with Crippen molar-refractivity contribution >= 4 is 0 Å². The molecule has 0 aliphatic heterocycles. The zero-order valence-corrected chi connectivity index (χ0v) is 7.92. The quantitative estimate of drug-likeness (QED) is 0.746. The van der Waals surface area contributed by atoms with Crippen LogP contribution in [0.5, 0.6) is 0 Å². The standard InChI is InChI=1S/C9H16N2O/c1-9(2,3)12-5-4-8-6-10-11-7-8/h6-7H,4-5H2,1-3H3,(H,10,11). The number of rotatable bonds is 3. The topological polar surface area (TPSA) is 37.9 Å². The summed E-state index contributed by atoms with van der Waals surface area (Å²) in [7, 11) is 0. The van der Waals surface area contributed by atoms with Crippen molar-refractivity contribution in [2.24, 2.45) is 0 Å². The zero-order valence-electron chi connectivity index (χ0n) is 7.92. The van der Waals surface area contributed by atoms with Crippen LogP contribution >= 0.6 is 0 Å². The van der Waals surface area contributed by atoms with Gasteiger partial charge in [-0.05, 0) is 32.8 Å². The first-order valence-electron chi connectivity index (χ1n) is 4.19. The number of aromatic nitrogens is 2. The summed E-state index contributed by atoms with van der Waals surface area (Å²) in [6.45, 7) is 6.93. The minimum absolute atomic E-state index is 0.0380. The highest BCUT2D eigenvalue weighted by molar-refractivity contribution is 5.02. The highest BCUT2D eigenvalue weighted by atomic mass is 16.5. The van der Waals surface area contributed by atoms with Crippen molar-refractivity contribution in [3.8, 4) is 0 Å². The molecule has 0 saturated carbocycles. The van der Waals surface area contributed by atoms with Crippen molar-refractivity contribution in [2.45, 2.75) is 32.8 Å². The van der Waals surface area contributed by atoms with E-state index in [0.717, 1.165) is 13.0 Å². The van der Waals surface area contributed by atoms with E-state index < -0.39 is 0 Å². The Bertz CT molecular complexity index is 211. The molecule has 0 radical (unpaired) electrons. The van der Waals surface area contributed by atoms with Crippen LogP contribution in [0.15, 0.2) is 12.4 Å². The Morgan fingerprint density at radius 3 is 2.75 bits per heavy atom. The third-order valence-electron chi connectivity index (χ3n) is 1.48. The van der Waals surface area contributed by atoms with Crippen LogP contribution in [0.4, 0.5) is 0 Å². The van der Waals surface area contributed by atoms with Gasteiger partial charge >= 0.3 is 0 Å². The molecular formula is C9H16N2O. The van der Waals surface area contributed by atoms with Gasteiger partial charge in [0, 0.05) is 6.20 Å². The first-order chi connectivity index (χ1) is 5.58. The Labute approximate surface area is 73.1 Å². The maximum Gasteiger partial charge on any atom is 0.0598 e. The molecule has 0 fully saturated rings. The molecule has 0 aromatic carbocycles. The van der Waals surface area contributed by atoms with Gasteiger partial charge in [0.1, 0.15) is 0 Å². The molecule has 0 spiro atoms. The molecule has 0 bridgehead atoms. The SMILES string of the molecule is CC(C)(C)OCCc1cn[nH]c1. The number of hydrogen-bond donors (Lipinski definition) is 1. The van der Waals surface area contributed by atoms with Crippen molar-refractivity contribution in [3.05, 3.63) is 18.0 Å². The van der Waals surface area contributed by atoms with Crippen molar-refractivity contribution in [1.29, 1.82) is 0 Å². The van der Waals surface area contributed by atoms with E-state index in [9.17, 15) is 0 Å². The summed E-state index contributed by atoms with van der Waals surface area (Å²) < 4.78 is 5.56. The summed E-state index contributed by atoms with van der Waals surface area (Å²) in [5.41, 5.74) is 1.16. The van der Waals surface area contributed by atoms with E-state index >= 15 is 0 Å². The summed E-state index contributed by atoms with van der Waals surface area (Å²) >= 11 is 0. The van der Waals surface area contributed by atoms with E-state index in [1.54, 1.807) is 0 Å². The summed E-state index contributed by atoms with van der Waals surface area (Å²) in [5, 5.41) is 6.63. The molecule has 12 heavy (non-hydrogen) atoms. The highest BCUT2D eigenvalue weighted by Gasteiger charge is 2.09. The van der Waals surface area contributed by atoms with Crippen molar-refractivity contribution in [2.75, 3.05) is 6.61 Å². The van der Waals surface area contributed by atoms with Gasteiger partial charge in [-0.25, -0.2) is 0 Å². The molecule has 0 atom stereocenters. The smallest absolute Gasteiger partial charge is 0.0598 e. The molecule has 0 aliphatic rings. The van der Waals surface area contributed by atoms with E-state index in [0.29, 0.717) is 0 Å². The number of ether oxygens (including phenoxy) is 1. The third kappa shape index (κ3) is 3.53. The second-order valence-electron chi connectivity index (χ2n) is 3.82. The Morgan fingerprint density at radius 1 is 1.50 bits per heavy atom. The van der Waals surface area contributed by atoms with Crippen LogP contribution in [0, 0.1) is 0 Å². The second-order valence-corrected chi connectivity index (χ2v) is 3.82. The molecule has 0 amide bonds. The third-order valence-corrected chi connectivity index (χ3v) is 1.48. The van der Waals surface area contributed by atoms with Gasteiger partial charge in [-0.1, -0.05) is 0 Å². The Morgan fingerprint density at radius 2 is 2.25 bits per heavy atom. The van der Waals surface area contributed by atoms with Crippen LogP contribution in [0.1, 0.15) is 26.3 Å². The zero-order chi connectivity index (χ0) is 9.03. The predicted octanol–water partition coefficient (Wildman–Crippen LogP) is 1.77. The average Bonchev–Trinajstić information content (AvgIpc) is 2.36. The minimum Gasteiger partial charge on any atom is -0.376 e. The van der Waals surface area contributed by atoms with Gasteiger partial charge in [0.15, 0.2) is 0 Å². The van der Waals surface area contributed by atoms with Crippen molar-refractivity contribution < 1.29 is 4.74 Å². The number of nitrogens with zero attached hydrogens (tertiary/aromatic N) is 1. The molecule has 1 N–H and O–H groups in total. The van der Waals surface area contributed by atoms with Gasteiger partial charge in [-0.3, -0.25) is 5.10 Å². The Kier molecular flexibility index (Phi) is 2.87. The molecular weight excluding hydrogens is 152 g/mol. The summed E-state index contributed by atoms with van der Waals surface area (Å²) in [6.07, 6.45) is 4.64. The van der Waals surface area contributed by atoms with Crippen molar-refractivity contribution in [1.82, 2.24) is 10.2 Å².